The van der Waals surface area contributed by atoms with Gasteiger partial charge in [-0.3, -0.25) is 4.98 Å². The first-order valence-corrected chi connectivity index (χ1v) is 8.03. The molecule has 4 rings (SSSR count). The summed E-state index contributed by atoms with van der Waals surface area (Å²) in [6.45, 7) is 0. The van der Waals surface area contributed by atoms with Crippen LogP contribution in [-0.2, 0) is 0 Å². The Balaban J connectivity index is 1.94. The van der Waals surface area contributed by atoms with Crippen molar-refractivity contribution >= 4 is 21.6 Å². The molecule has 0 amide bonds. The molecule has 112 valence electrons. The lowest BCUT2D eigenvalue weighted by Crippen LogP contribution is -1.90. The first-order valence-electron chi connectivity index (χ1n) is 7.15. The van der Waals surface area contributed by atoms with Gasteiger partial charge in [-0.1, -0.05) is 18.2 Å². The van der Waals surface area contributed by atoms with Gasteiger partial charge in [-0.2, -0.15) is 0 Å². The Morgan fingerprint density at radius 1 is 0.957 bits per heavy atom. The van der Waals surface area contributed by atoms with Crippen LogP contribution in [0.15, 0.2) is 60.4 Å². The van der Waals surface area contributed by atoms with E-state index in [0.717, 1.165) is 38.5 Å². The van der Waals surface area contributed by atoms with Crippen LogP contribution in [0, 0.1) is 0 Å². The minimum absolute atomic E-state index is 0.842. The monoisotopic (exact) mass is 319 g/mol. The van der Waals surface area contributed by atoms with Crippen LogP contribution in [0.1, 0.15) is 0 Å². The molecule has 4 nitrogen and oxygen atoms in total. The lowest BCUT2D eigenvalue weighted by Gasteiger charge is -2.06. The third kappa shape index (κ3) is 2.45. The molecule has 5 heteroatoms. The van der Waals surface area contributed by atoms with Crippen LogP contribution in [0.3, 0.4) is 0 Å². The number of hydrogen-bond acceptors (Lipinski definition) is 5. The summed E-state index contributed by atoms with van der Waals surface area (Å²) < 4.78 is 5.23. The van der Waals surface area contributed by atoms with Gasteiger partial charge in [-0.05, 0) is 29.8 Å². The summed E-state index contributed by atoms with van der Waals surface area (Å²) >= 11 is 1.62. The van der Waals surface area contributed by atoms with Gasteiger partial charge in [0, 0.05) is 22.5 Å². The van der Waals surface area contributed by atoms with E-state index in [2.05, 4.69) is 32.5 Å². The molecular weight excluding hydrogens is 306 g/mol. The molecule has 3 heterocycles. The van der Waals surface area contributed by atoms with E-state index in [0.29, 0.717) is 0 Å². The van der Waals surface area contributed by atoms with Crippen molar-refractivity contribution in [1.29, 1.82) is 0 Å². The van der Waals surface area contributed by atoms with E-state index >= 15 is 0 Å². The number of hydrogen-bond donors (Lipinski definition) is 0. The largest absolute Gasteiger partial charge is 0.497 e. The van der Waals surface area contributed by atoms with Crippen LogP contribution >= 0.6 is 11.3 Å². The number of thiophene rings is 1. The predicted octanol–water partition coefficient (Wildman–Crippen LogP) is 4.43. The Bertz CT molecular complexity index is 949. The zero-order valence-electron chi connectivity index (χ0n) is 12.4. The summed E-state index contributed by atoms with van der Waals surface area (Å²) in [4.78, 5) is 14.3. The molecule has 0 saturated heterocycles. The van der Waals surface area contributed by atoms with Gasteiger partial charge in [-0.25, -0.2) is 9.97 Å². The third-order valence-electron chi connectivity index (χ3n) is 3.68. The van der Waals surface area contributed by atoms with Gasteiger partial charge < -0.3 is 4.74 Å². The highest BCUT2D eigenvalue weighted by molar-refractivity contribution is 7.17. The van der Waals surface area contributed by atoms with Crippen LogP contribution in [-0.4, -0.2) is 22.1 Å². The second kappa shape index (κ2) is 5.78. The van der Waals surface area contributed by atoms with Crippen molar-refractivity contribution in [3.63, 3.8) is 0 Å². The Morgan fingerprint density at radius 3 is 2.57 bits per heavy atom. The average molecular weight is 319 g/mol. The van der Waals surface area contributed by atoms with Gasteiger partial charge in [0.05, 0.1) is 12.8 Å². The molecule has 0 fully saturated rings. The van der Waals surface area contributed by atoms with E-state index in [1.165, 1.54) is 0 Å². The fraction of sp³-hybridized carbons (Fsp3) is 0.0556. The van der Waals surface area contributed by atoms with Crippen molar-refractivity contribution in [1.82, 2.24) is 15.0 Å². The molecule has 0 spiro atoms. The van der Waals surface area contributed by atoms with Crippen molar-refractivity contribution in [3.05, 3.63) is 60.4 Å². The molecule has 0 N–H and O–H groups in total. The fourth-order valence-electron chi connectivity index (χ4n) is 2.56. The molecule has 1 aromatic carbocycles. The Morgan fingerprint density at radius 2 is 1.83 bits per heavy atom. The van der Waals surface area contributed by atoms with Crippen molar-refractivity contribution in [2.45, 2.75) is 0 Å². The van der Waals surface area contributed by atoms with Gasteiger partial charge in [0.25, 0.3) is 0 Å². The number of aromatic nitrogens is 3. The van der Waals surface area contributed by atoms with Crippen molar-refractivity contribution < 1.29 is 4.74 Å². The Labute approximate surface area is 137 Å². The van der Waals surface area contributed by atoms with E-state index in [9.17, 15) is 0 Å². The average Bonchev–Trinajstić information content (AvgIpc) is 3.07. The van der Waals surface area contributed by atoms with E-state index in [1.807, 2.05) is 30.3 Å². The van der Waals surface area contributed by atoms with Gasteiger partial charge in [-0.15, -0.1) is 11.3 Å². The highest BCUT2D eigenvalue weighted by Crippen LogP contribution is 2.37. The summed E-state index contributed by atoms with van der Waals surface area (Å²) in [7, 11) is 1.67. The minimum atomic E-state index is 0.842. The molecule has 0 radical (unpaired) electrons. The van der Waals surface area contributed by atoms with E-state index < -0.39 is 0 Å². The maximum atomic E-state index is 5.23. The highest BCUT2D eigenvalue weighted by Gasteiger charge is 2.15. The lowest BCUT2D eigenvalue weighted by atomic mass is 10.0. The van der Waals surface area contributed by atoms with E-state index in [4.69, 9.17) is 4.74 Å². The fourth-order valence-corrected chi connectivity index (χ4v) is 3.47. The third-order valence-corrected chi connectivity index (χ3v) is 4.57. The van der Waals surface area contributed by atoms with Crippen LogP contribution < -0.4 is 4.74 Å². The molecule has 0 aliphatic heterocycles. The highest BCUT2D eigenvalue weighted by atomic mass is 32.1. The number of benzene rings is 1. The van der Waals surface area contributed by atoms with Crippen molar-refractivity contribution in [2.75, 3.05) is 7.11 Å². The maximum absolute atomic E-state index is 5.23. The molecule has 23 heavy (non-hydrogen) atoms. The molecule has 0 atom stereocenters. The standard InChI is InChI=1S/C18H13N3OS/c1-22-13-7-5-12(6-8-13)14-10-23-18-16(14)17(20-11-21-18)15-4-2-3-9-19-15/h2-11H,1H3. The van der Waals surface area contributed by atoms with Crippen molar-refractivity contribution in [3.8, 4) is 28.3 Å². The molecule has 0 saturated carbocycles. The number of fused-ring (bicyclic) bond motifs is 1. The first-order chi connectivity index (χ1) is 11.4. The smallest absolute Gasteiger partial charge is 0.127 e. The second-order valence-corrected chi connectivity index (χ2v) is 5.85. The van der Waals surface area contributed by atoms with E-state index in [1.54, 1.807) is 31.0 Å². The molecule has 3 aromatic heterocycles. The maximum Gasteiger partial charge on any atom is 0.127 e. The number of nitrogens with zero attached hydrogens (tertiary/aromatic N) is 3. The van der Waals surface area contributed by atoms with Crippen molar-refractivity contribution in [2.24, 2.45) is 0 Å². The van der Waals surface area contributed by atoms with E-state index in [-0.39, 0.29) is 0 Å². The molecular formula is C18H13N3OS. The van der Waals surface area contributed by atoms with Crippen LogP contribution in [0.25, 0.3) is 32.7 Å². The minimum Gasteiger partial charge on any atom is -0.497 e. The summed E-state index contributed by atoms with van der Waals surface area (Å²) in [6.07, 6.45) is 3.38. The van der Waals surface area contributed by atoms with Gasteiger partial charge in [0.2, 0.25) is 0 Å². The molecule has 0 aliphatic rings. The van der Waals surface area contributed by atoms with Crippen LogP contribution in [0.4, 0.5) is 0 Å². The number of ether oxygens (including phenoxy) is 1. The zero-order chi connectivity index (χ0) is 15.6. The summed E-state index contributed by atoms with van der Waals surface area (Å²) in [5.41, 5.74) is 3.95. The lowest BCUT2D eigenvalue weighted by molar-refractivity contribution is 0.415. The Hall–Kier alpha value is -2.79. The Kier molecular flexibility index (Phi) is 3.48. The molecule has 0 aliphatic carbocycles. The first kappa shape index (κ1) is 13.8. The SMILES string of the molecule is COc1ccc(-c2csc3ncnc(-c4ccccn4)c23)cc1. The van der Waals surface area contributed by atoms with Gasteiger partial charge in [0.15, 0.2) is 0 Å². The predicted molar refractivity (Wildman–Crippen MR) is 92.6 cm³/mol. The number of methoxy groups -OCH3 is 1. The molecule has 4 aromatic rings. The number of pyridine rings is 1. The molecule has 0 unspecified atom stereocenters. The number of rotatable bonds is 3. The van der Waals surface area contributed by atoms with Crippen LogP contribution in [0.2, 0.25) is 0 Å². The van der Waals surface area contributed by atoms with Gasteiger partial charge in [0.1, 0.15) is 22.6 Å². The summed E-state index contributed by atoms with van der Waals surface area (Å²) in [6, 6.07) is 13.9. The normalized spacial score (nSPS) is 10.8. The quantitative estimate of drug-likeness (QED) is 0.560. The molecule has 0 bridgehead atoms. The second-order valence-electron chi connectivity index (χ2n) is 5.00. The van der Waals surface area contributed by atoms with Gasteiger partial charge >= 0.3 is 0 Å². The summed E-state index contributed by atoms with van der Waals surface area (Å²) in [5.74, 6) is 0.842. The topological polar surface area (TPSA) is 47.9 Å². The van der Waals surface area contributed by atoms with Crippen LogP contribution in [0.5, 0.6) is 5.75 Å². The summed E-state index contributed by atoms with van der Waals surface area (Å²) in [5, 5.41) is 3.16. The zero-order valence-corrected chi connectivity index (χ0v) is 13.2.